The third kappa shape index (κ3) is 3.44. The summed E-state index contributed by atoms with van der Waals surface area (Å²) in [6, 6.07) is 3.77. The molecule has 0 amide bonds. The lowest BCUT2D eigenvalue weighted by Gasteiger charge is -2.15. The van der Waals surface area contributed by atoms with Gasteiger partial charge in [0.2, 0.25) is 0 Å². The second-order valence-electron chi connectivity index (χ2n) is 3.51. The van der Waals surface area contributed by atoms with Gasteiger partial charge >= 0.3 is 0 Å². The molecule has 16 heavy (non-hydrogen) atoms. The first kappa shape index (κ1) is 12.9. The normalized spacial score (nSPS) is 14.6. The van der Waals surface area contributed by atoms with Crippen molar-refractivity contribution in [1.29, 1.82) is 0 Å². The van der Waals surface area contributed by atoms with Crippen LogP contribution in [0.2, 0.25) is 0 Å². The Labute approximate surface area is 92.9 Å². The summed E-state index contributed by atoms with van der Waals surface area (Å²) in [5, 5.41) is 27.1. The van der Waals surface area contributed by atoms with Crippen molar-refractivity contribution >= 4 is 0 Å². The standard InChI is InChI=1S/C11H15FO4/c1-7(14)10-3-2-8(12)4-11(10)16-6-9(15)5-13/h2-4,7,9,13-15H,5-6H2,1H3. The van der Waals surface area contributed by atoms with Crippen LogP contribution in [0.1, 0.15) is 18.6 Å². The van der Waals surface area contributed by atoms with Crippen LogP contribution in [0.15, 0.2) is 18.2 Å². The Hall–Kier alpha value is -1.17. The highest BCUT2D eigenvalue weighted by molar-refractivity contribution is 5.35. The Bertz CT molecular complexity index is 341. The quantitative estimate of drug-likeness (QED) is 0.693. The maximum atomic E-state index is 12.9. The van der Waals surface area contributed by atoms with E-state index >= 15 is 0 Å². The van der Waals surface area contributed by atoms with E-state index in [1.54, 1.807) is 0 Å². The molecule has 0 aliphatic rings. The van der Waals surface area contributed by atoms with Crippen molar-refractivity contribution in [2.24, 2.45) is 0 Å². The third-order valence-corrected chi connectivity index (χ3v) is 2.07. The number of halogens is 1. The van der Waals surface area contributed by atoms with Crippen LogP contribution in [-0.4, -0.2) is 34.6 Å². The zero-order valence-electron chi connectivity index (χ0n) is 8.93. The molecule has 3 N–H and O–H groups in total. The van der Waals surface area contributed by atoms with Crippen LogP contribution in [0.3, 0.4) is 0 Å². The van der Waals surface area contributed by atoms with Gasteiger partial charge in [0.1, 0.15) is 24.3 Å². The van der Waals surface area contributed by atoms with Crippen LogP contribution in [0.25, 0.3) is 0 Å². The van der Waals surface area contributed by atoms with E-state index in [4.69, 9.17) is 14.9 Å². The first-order chi connectivity index (χ1) is 7.54. The molecule has 0 aliphatic carbocycles. The number of rotatable bonds is 5. The topological polar surface area (TPSA) is 69.9 Å². The fraction of sp³-hybridized carbons (Fsp3) is 0.455. The van der Waals surface area contributed by atoms with Crippen molar-refractivity contribution in [3.8, 4) is 5.75 Å². The Kier molecular flexibility index (Phi) is 4.67. The molecule has 1 aromatic carbocycles. The summed E-state index contributed by atoms with van der Waals surface area (Å²) < 4.78 is 18.1. The van der Waals surface area contributed by atoms with Crippen molar-refractivity contribution in [1.82, 2.24) is 0 Å². The SMILES string of the molecule is CC(O)c1ccc(F)cc1OCC(O)CO. The molecule has 0 bridgehead atoms. The molecule has 0 spiro atoms. The van der Waals surface area contributed by atoms with E-state index < -0.39 is 24.6 Å². The van der Waals surface area contributed by atoms with Gasteiger partial charge in [0.05, 0.1) is 12.7 Å². The molecule has 0 aromatic heterocycles. The Balaban J connectivity index is 2.80. The van der Waals surface area contributed by atoms with Gasteiger partial charge < -0.3 is 20.1 Å². The minimum absolute atomic E-state index is 0.153. The number of ether oxygens (including phenoxy) is 1. The maximum absolute atomic E-state index is 12.9. The van der Waals surface area contributed by atoms with E-state index in [1.807, 2.05) is 0 Å². The fourth-order valence-electron chi connectivity index (χ4n) is 1.22. The molecule has 2 unspecified atom stereocenters. The van der Waals surface area contributed by atoms with Crippen LogP contribution in [0.5, 0.6) is 5.75 Å². The van der Waals surface area contributed by atoms with Gasteiger partial charge in [0.15, 0.2) is 0 Å². The molecule has 0 radical (unpaired) electrons. The van der Waals surface area contributed by atoms with E-state index in [9.17, 15) is 9.50 Å². The number of hydrogen-bond donors (Lipinski definition) is 3. The first-order valence-electron chi connectivity index (χ1n) is 4.93. The Morgan fingerprint density at radius 3 is 2.62 bits per heavy atom. The van der Waals surface area contributed by atoms with Gasteiger partial charge in [-0.1, -0.05) is 0 Å². The molecule has 5 heteroatoms. The zero-order valence-corrected chi connectivity index (χ0v) is 8.93. The van der Waals surface area contributed by atoms with E-state index in [0.29, 0.717) is 5.56 Å². The van der Waals surface area contributed by atoms with Gasteiger partial charge in [-0.2, -0.15) is 0 Å². The summed E-state index contributed by atoms with van der Waals surface area (Å²) in [5.74, 6) is -0.319. The molecular formula is C11H15FO4. The molecular weight excluding hydrogens is 215 g/mol. The van der Waals surface area contributed by atoms with Crippen molar-refractivity contribution in [3.05, 3.63) is 29.6 Å². The smallest absolute Gasteiger partial charge is 0.128 e. The van der Waals surface area contributed by atoms with E-state index in [-0.39, 0.29) is 12.4 Å². The second-order valence-corrected chi connectivity index (χ2v) is 3.51. The zero-order chi connectivity index (χ0) is 12.1. The lowest BCUT2D eigenvalue weighted by atomic mass is 10.1. The summed E-state index contributed by atoms with van der Waals surface area (Å²) in [6.45, 7) is 0.946. The van der Waals surface area contributed by atoms with Crippen LogP contribution in [0, 0.1) is 5.82 Å². The lowest BCUT2D eigenvalue weighted by Crippen LogP contribution is -2.21. The van der Waals surface area contributed by atoms with Crippen molar-refractivity contribution in [2.75, 3.05) is 13.2 Å². The predicted octanol–water partition coefficient (Wildman–Crippen LogP) is 0.611. The lowest BCUT2D eigenvalue weighted by molar-refractivity contribution is 0.0522. The van der Waals surface area contributed by atoms with Crippen LogP contribution in [0.4, 0.5) is 4.39 Å². The molecule has 0 aliphatic heterocycles. The molecule has 0 heterocycles. The summed E-state index contributed by atoms with van der Waals surface area (Å²) in [5.41, 5.74) is 0.437. The van der Waals surface area contributed by atoms with E-state index in [2.05, 4.69) is 0 Å². The van der Waals surface area contributed by atoms with Crippen LogP contribution in [-0.2, 0) is 0 Å². The maximum Gasteiger partial charge on any atom is 0.128 e. The summed E-state index contributed by atoms with van der Waals surface area (Å²) >= 11 is 0. The minimum Gasteiger partial charge on any atom is -0.490 e. The van der Waals surface area contributed by atoms with Gasteiger partial charge in [0.25, 0.3) is 0 Å². The molecule has 1 aromatic rings. The molecule has 1 rings (SSSR count). The number of aliphatic hydroxyl groups excluding tert-OH is 3. The van der Waals surface area contributed by atoms with Gasteiger partial charge in [0, 0.05) is 11.6 Å². The summed E-state index contributed by atoms with van der Waals surface area (Å²) in [6.07, 6.45) is -1.81. The average Bonchev–Trinajstić information content (AvgIpc) is 2.25. The van der Waals surface area contributed by atoms with Crippen molar-refractivity contribution < 1.29 is 24.4 Å². The monoisotopic (exact) mass is 230 g/mol. The van der Waals surface area contributed by atoms with E-state index in [1.165, 1.54) is 19.1 Å². The molecule has 0 saturated carbocycles. The van der Waals surface area contributed by atoms with E-state index in [0.717, 1.165) is 6.07 Å². The van der Waals surface area contributed by atoms with Gasteiger partial charge in [-0.3, -0.25) is 0 Å². The fourth-order valence-corrected chi connectivity index (χ4v) is 1.22. The molecule has 0 fully saturated rings. The predicted molar refractivity (Wildman–Crippen MR) is 55.6 cm³/mol. The number of hydrogen-bond acceptors (Lipinski definition) is 4. The van der Waals surface area contributed by atoms with Crippen molar-refractivity contribution in [3.63, 3.8) is 0 Å². The second kappa shape index (κ2) is 5.79. The minimum atomic E-state index is -1.02. The third-order valence-electron chi connectivity index (χ3n) is 2.07. The van der Waals surface area contributed by atoms with Gasteiger partial charge in [-0.05, 0) is 19.1 Å². The molecule has 90 valence electrons. The molecule has 4 nitrogen and oxygen atoms in total. The summed E-state index contributed by atoms with van der Waals surface area (Å²) in [7, 11) is 0. The highest BCUT2D eigenvalue weighted by Crippen LogP contribution is 2.26. The highest BCUT2D eigenvalue weighted by atomic mass is 19.1. The van der Waals surface area contributed by atoms with Gasteiger partial charge in [-0.15, -0.1) is 0 Å². The van der Waals surface area contributed by atoms with Crippen LogP contribution < -0.4 is 4.74 Å². The summed E-state index contributed by atoms with van der Waals surface area (Å²) in [4.78, 5) is 0. The number of aliphatic hydroxyl groups is 3. The molecule has 2 atom stereocenters. The van der Waals surface area contributed by atoms with Gasteiger partial charge in [-0.25, -0.2) is 4.39 Å². The highest BCUT2D eigenvalue weighted by Gasteiger charge is 2.12. The van der Waals surface area contributed by atoms with Crippen molar-refractivity contribution in [2.45, 2.75) is 19.1 Å². The Morgan fingerprint density at radius 2 is 2.06 bits per heavy atom. The van der Waals surface area contributed by atoms with Crippen LogP contribution >= 0.6 is 0 Å². The molecule has 0 saturated heterocycles. The average molecular weight is 230 g/mol. The Morgan fingerprint density at radius 1 is 1.38 bits per heavy atom. The largest absolute Gasteiger partial charge is 0.490 e. The first-order valence-corrected chi connectivity index (χ1v) is 4.93. The number of benzene rings is 1.